The van der Waals surface area contributed by atoms with E-state index < -0.39 is 11.9 Å². The van der Waals surface area contributed by atoms with Gasteiger partial charge in [-0.05, 0) is 75.8 Å². The Balaban J connectivity index is 0.814. The van der Waals surface area contributed by atoms with Gasteiger partial charge in [-0.2, -0.15) is 8.78 Å². The topological polar surface area (TPSA) is 129 Å². The maximum absolute atomic E-state index is 15.6. The molecular formula is C90H53F2N9. The van der Waals surface area contributed by atoms with Gasteiger partial charge in [0, 0.05) is 105 Å². The molecule has 0 aliphatic heterocycles. The number of nitrogens with two attached hydrogens (primary N) is 1. The molecule has 101 heavy (non-hydrogen) atoms. The second kappa shape index (κ2) is 23.9. The standard InChI is InChI=1S/C90H53F2N9/c91-79-50-71(54-20-10-3-11-21-54)67-41-35-62-39-45-76(95-84(62)89(67)98-79)58-28-32-60(33-29-58)82-73(47-64-37-43-68-74(93)51-80(92)99-90(68)86(64)101-82)72-46-63-36-42-66-70(53-18-8-2-9-19-53)49-78(56-24-14-5-15-25-56)97-88(66)85(63)100-81(72)59-30-26-57(27-31-59)75-44-38-61-34-40-65-69(52-16-6-1-7-17-52)48-77(55-22-12-4-13-23-55)96-87(65)83(61)94-75/h1-51H,(H2,93,99). The summed E-state index contributed by atoms with van der Waals surface area (Å²) in [6.45, 7) is 0. The van der Waals surface area contributed by atoms with Gasteiger partial charge in [-0.15, -0.1) is 0 Å². The lowest BCUT2D eigenvalue weighted by Gasteiger charge is -2.18. The number of nitrogens with zero attached hydrogens (tertiary/aromatic N) is 8. The average molecular weight is 1300 g/mol. The van der Waals surface area contributed by atoms with Gasteiger partial charge >= 0.3 is 0 Å². The highest BCUT2D eigenvalue weighted by atomic mass is 19.1. The van der Waals surface area contributed by atoms with E-state index in [1.165, 1.54) is 12.1 Å². The van der Waals surface area contributed by atoms with Gasteiger partial charge in [-0.1, -0.05) is 255 Å². The van der Waals surface area contributed by atoms with Gasteiger partial charge in [0.2, 0.25) is 11.9 Å². The second-order valence-electron chi connectivity index (χ2n) is 25.4. The lowest BCUT2D eigenvalue weighted by Crippen LogP contribution is -1.99. The SMILES string of the molecule is Nc1cc(F)nc2c1ccc1cc(-c3cc4ccc5c(-c6ccccc6)cc(-c6ccccc6)nc5c4nc3-c3ccc(-c4ccc5ccc6c(-c7ccccc7)cc(-c7ccccc7)nc6c5n4)cc3)c(-c3ccc(-c4ccc5ccc6c(-c7ccccc7)cc(F)nc6c5n4)cc3)nc12. The van der Waals surface area contributed by atoms with Crippen molar-refractivity contribution in [2.75, 3.05) is 5.73 Å². The Labute approximate surface area is 577 Å². The molecule has 19 aromatic rings. The maximum Gasteiger partial charge on any atom is 0.215 e. The molecule has 11 heteroatoms. The first-order chi connectivity index (χ1) is 49.7. The van der Waals surface area contributed by atoms with Gasteiger partial charge < -0.3 is 5.73 Å². The van der Waals surface area contributed by atoms with E-state index in [0.717, 1.165) is 149 Å². The van der Waals surface area contributed by atoms with Crippen LogP contribution in [0.5, 0.6) is 0 Å². The van der Waals surface area contributed by atoms with Crippen LogP contribution in [0.3, 0.4) is 0 Å². The molecule has 472 valence electrons. The molecule has 8 heterocycles. The zero-order valence-electron chi connectivity index (χ0n) is 53.9. The molecule has 2 N–H and O–H groups in total. The minimum absolute atomic E-state index is 0.255. The first-order valence-electron chi connectivity index (χ1n) is 33.4. The number of aromatic nitrogens is 8. The molecule has 0 unspecified atom stereocenters. The summed E-state index contributed by atoms with van der Waals surface area (Å²) >= 11 is 0. The van der Waals surface area contributed by atoms with Crippen LogP contribution < -0.4 is 5.73 Å². The highest BCUT2D eigenvalue weighted by Crippen LogP contribution is 2.45. The normalized spacial score (nSPS) is 11.7. The third-order valence-corrected chi connectivity index (χ3v) is 19.4. The van der Waals surface area contributed by atoms with Crippen molar-refractivity contribution in [1.29, 1.82) is 0 Å². The zero-order valence-corrected chi connectivity index (χ0v) is 53.9. The molecule has 19 rings (SSSR count). The molecule has 11 aromatic carbocycles. The van der Waals surface area contributed by atoms with Crippen LogP contribution in [0.25, 0.3) is 199 Å². The molecule has 0 aliphatic rings. The Bertz CT molecular complexity index is 6570. The van der Waals surface area contributed by atoms with Gasteiger partial charge in [-0.25, -0.2) is 39.9 Å². The van der Waals surface area contributed by atoms with Gasteiger partial charge in [-0.3, -0.25) is 0 Å². The fraction of sp³-hybridized carbons (Fsp3) is 0. The van der Waals surface area contributed by atoms with Crippen molar-refractivity contribution >= 4 is 92.9 Å². The lowest BCUT2D eigenvalue weighted by atomic mass is 9.91. The van der Waals surface area contributed by atoms with Crippen LogP contribution in [0, 0.1) is 11.9 Å². The minimum atomic E-state index is -0.710. The van der Waals surface area contributed by atoms with Crippen molar-refractivity contribution in [3.05, 3.63) is 321 Å². The molecule has 9 nitrogen and oxygen atoms in total. The summed E-state index contributed by atoms with van der Waals surface area (Å²) in [4.78, 5) is 41.9. The van der Waals surface area contributed by atoms with E-state index in [4.69, 9.17) is 35.6 Å². The first-order valence-corrected chi connectivity index (χ1v) is 33.4. The first kappa shape index (κ1) is 58.7. The molecule has 0 atom stereocenters. The Morgan fingerprint density at radius 2 is 0.495 bits per heavy atom. The molecule has 8 aromatic heterocycles. The maximum atomic E-state index is 15.6. The minimum Gasteiger partial charge on any atom is -0.398 e. The highest BCUT2D eigenvalue weighted by molar-refractivity contribution is 6.15. The molecule has 0 aliphatic carbocycles. The van der Waals surface area contributed by atoms with Gasteiger partial charge in [0.25, 0.3) is 0 Å². The van der Waals surface area contributed by atoms with E-state index >= 15 is 8.78 Å². The zero-order chi connectivity index (χ0) is 67.2. The number of hydrogen-bond donors (Lipinski definition) is 1. The summed E-state index contributed by atoms with van der Waals surface area (Å²) in [5.74, 6) is -1.30. The third kappa shape index (κ3) is 10.3. The summed E-state index contributed by atoms with van der Waals surface area (Å²) in [6, 6.07) is 104. The van der Waals surface area contributed by atoms with Crippen molar-refractivity contribution in [3.8, 4) is 112 Å². The van der Waals surface area contributed by atoms with E-state index in [2.05, 4.69) is 168 Å². The Hall–Kier alpha value is -13.6. The van der Waals surface area contributed by atoms with Crippen LogP contribution in [0.1, 0.15) is 0 Å². The van der Waals surface area contributed by atoms with Gasteiger partial charge in [0.1, 0.15) is 11.0 Å². The van der Waals surface area contributed by atoms with Crippen molar-refractivity contribution in [2.24, 2.45) is 0 Å². The Morgan fingerprint density at radius 3 is 0.911 bits per heavy atom. The van der Waals surface area contributed by atoms with Crippen LogP contribution >= 0.6 is 0 Å². The van der Waals surface area contributed by atoms with Crippen molar-refractivity contribution in [1.82, 2.24) is 39.9 Å². The Kier molecular flexibility index (Phi) is 13.9. The summed E-state index contributed by atoms with van der Waals surface area (Å²) in [5, 5.41) is 6.72. The fourth-order valence-electron chi connectivity index (χ4n) is 14.4. The van der Waals surface area contributed by atoms with Crippen LogP contribution in [0.15, 0.2) is 309 Å². The summed E-state index contributed by atoms with van der Waals surface area (Å²) in [5.41, 5.74) is 28.9. The van der Waals surface area contributed by atoms with Crippen molar-refractivity contribution in [2.45, 2.75) is 0 Å². The number of benzene rings is 11. The largest absolute Gasteiger partial charge is 0.398 e. The van der Waals surface area contributed by atoms with Crippen molar-refractivity contribution in [3.63, 3.8) is 0 Å². The molecule has 0 bridgehead atoms. The Morgan fingerprint density at radius 1 is 0.198 bits per heavy atom. The number of fused-ring (bicyclic) bond motifs is 12. The van der Waals surface area contributed by atoms with Crippen LogP contribution in [-0.4, -0.2) is 39.9 Å². The number of nitrogen functional groups attached to an aromatic ring is 1. The molecule has 0 amide bonds. The van der Waals surface area contributed by atoms with E-state index in [1.54, 1.807) is 0 Å². The van der Waals surface area contributed by atoms with Gasteiger partial charge in [0.05, 0.1) is 67.3 Å². The van der Waals surface area contributed by atoms with Crippen LogP contribution in [-0.2, 0) is 0 Å². The number of anilines is 1. The van der Waals surface area contributed by atoms with E-state index in [1.807, 2.05) is 140 Å². The average Bonchev–Trinajstić information content (AvgIpc) is 0.747. The van der Waals surface area contributed by atoms with Crippen LogP contribution in [0.4, 0.5) is 14.5 Å². The summed E-state index contributed by atoms with van der Waals surface area (Å²) < 4.78 is 31.2. The quantitative estimate of drug-likeness (QED) is 0.105. The predicted molar refractivity (Wildman–Crippen MR) is 408 cm³/mol. The van der Waals surface area contributed by atoms with Crippen molar-refractivity contribution < 1.29 is 8.78 Å². The van der Waals surface area contributed by atoms with E-state index in [9.17, 15) is 0 Å². The fourth-order valence-corrected chi connectivity index (χ4v) is 14.4. The van der Waals surface area contributed by atoms with Crippen LogP contribution in [0.2, 0.25) is 0 Å². The molecular weight excluding hydrogens is 1250 g/mol. The molecule has 0 saturated heterocycles. The molecule has 0 spiro atoms. The predicted octanol–water partition coefficient (Wildman–Crippen LogP) is 22.6. The smallest absolute Gasteiger partial charge is 0.215 e. The number of hydrogen-bond acceptors (Lipinski definition) is 9. The number of halogens is 2. The summed E-state index contributed by atoms with van der Waals surface area (Å²) in [7, 11) is 0. The third-order valence-electron chi connectivity index (χ3n) is 19.4. The lowest BCUT2D eigenvalue weighted by molar-refractivity contribution is 0.589. The molecule has 0 fully saturated rings. The van der Waals surface area contributed by atoms with Gasteiger partial charge in [0.15, 0.2) is 0 Å². The van der Waals surface area contributed by atoms with E-state index in [-0.39, 0.29) is 5.69 Å². The molecule has 0 saturated carbocycles. The number of rotatable bonds is 10. The molecule has 0 radical (unpaired) electrons. The monoisotopic (exact) mass is 1300 g/mol. The van der Waals surface area contributed by atoms with E-state index in [0.29, 0.717) is 50.1 Å². The highest BCUT2D eigenvalue weighted by Gasteiger charge is 2.24. The summed E-state index contributed by atoms with van der Waals surface area (Å²) in [6.07, 6.45) is 0. The number of pyridine rings is 8. The second-order valence-corrected chi connectivity index (χ2v) is 25.4.